The van der Waals surface area contributed by atoms with Crippen LogP contribution >= 0.6 is 0 Å². The zero-order valence-electron chi connectivity index (χ0n) is 11.6. The Morgan fingerprint density at radius 3 is 2.56 bits per heavy atom. The first-order valence-corrected chi connectivity index (χ1v) is 8.47. The van der Waals surface area contributed by atoms with Crippen LogP contribution in [0, 0.1) is 5.41 Å². The first-order chi connectivity index (χ1) is 8.54. The Morgan fingerprint density at radius 1 is 1.22 bits per heavy atom. The maximum Gasteiger partial charge on any atom is 0.276 e. The van der Waals surface area contributed by atoms with Crippen molar-refractivity contribution < 1.29 is 8.42 Å². The third kappa shape index (κ3) is 5.22. The van der Waals surface area contributed by atoms with Crippen LogP contribution in [0.25, 0.3) is 0 Å². The standard InChI is InChI=1S/C12H27N3O2S/c1-3-6-12(7-5-9-13-10-12)11-15-18(16,17)14-8-4-2/h13-15H,3-11H2,1-2H3. The van der Waals surface area contributed by atoms with Gasteiger partial charge in [-0.2, -0.15) is 8.42 Å². The minimum absolute atomic E-state index is 0.0912. The smallest absolute Gasteiger partial charge is 0.276 e. The van der Waals surface area contributed by atoms with Crippen LogP contribution in [0.3, 0.4) is 0 Å². The van der Waals surface area contributed by atoms with E-state index in [9.17, 15) is 8.42 Å². The highest BCUT2D eigenvalue weighted by molar-refractivity contribution is 7.87. The van der Waals surface area contributed by atoms with Crippen molar-refractivity contribution in [3.05, 3.63) is 0 Å². The van der Waals surface area contributed by atoms with Crippen LogP contribution in [0.5, 0.6) is 0 Å². The summed E-state index contributed by atoms with van der Waals surface area (Å²) in [4.78, 5) is 0. The Bertz CT molecular complexity index is 319. The summed E-state index contributed by atoms with van der Waals surface area (Å²) in [6, 6.07) is 0. The zero-order chi connectivity index (χ0) is 13.5. The van der Waals surface area contributed by atoms with Gasteiger partial charge in [0.05, 0.1) is 0 Å². The van der Waals surface area contributed by atoms with Crippen LogP contribution in [-0.2, 0) is 10.2 Å². The Hall–Kier alpha value is -0.170. The molecule has 0 aromatic carbocycles. The van der Waals surface area contributed by atoms with Crippen LogP contribution in [0.15, 0.2) is 0 Å². The molecule has 108 valence electrons. The molecule has 6 heteroatoms. The quantitative estimate of drug-likeness (QED) is 0.620. The Balaban J connectivity index is 2.51. The molecule has 0 aromatic rings. The highest BCUT2D eigenvalue weighted by Crippen LogP contribution is 2.30. The van der Waals surface area contributed by atoms with E-state index >= 15 is 0 Å². The van der Waals surface area contributed by atoms with E-state index in [1.165, 1.54) is 0 Å². The summed E-state index contributed by atoms with van der Waals surface area (Å²) in [5.41, 5.74) is 0.0912. The van der Waals surface area contributed by atoms with Crippen molar-refractivity contribution in [1.82, 2.24) is 14.8 Å². The lowest BCUT2D eigenvalue weighted by Gasteiger charge is -2.37. The lowest BCUT2D eigenvalue weighted by Crippen LogP contribution is -2.49. The van der Waals surface area contributed by atoms with Crippen molar-refractivity contribution in [3.8, 4) is 0 Å². The minimum atomic E-state index is -3.33. The molecule has 1 atom stereocenters. The van der Waals surface area contributed by atoms with Gasteiger partial charge in [0.1, 0.15) is 0 Å². The van der Waals surface area contributed by atoms with Crippen molar-refractivity contribution in [2.45, 2.75) is 46.0 Å². The summed E-state index contributed by atoms with van der Waals surface area (Å²) in [7, 11) is -3.33. The van der Waals surface area contributed by atoms with Crippen LogP contribution in [-0.4, -0.2) is 34.6 Å². The average molecular weight is 277 g/mol. The molecule has 1 saturated heterocycles. The average Bonchev–Trinajstić information content (AvgIpc) is 2.36. The maximum atomic E-state index is 11.7. The second-order valence-corrected chi connectivity index (χ2v) is 6.83. The molecule has 5 nitrogen and oxygen atoms in total. The number of nitrogens with one attached hydrogen (secondary N) is 3. The van der Waals surface area contributed by atoms with E-state index in [0.29, 0.717) is 13.1 Å². The predicted octanol–water partition coefficient (Wildman–Crippen LogP) is 0.990. The van der Waals surface area contributed by atoms with Crippen molar-refractivity contribution in [2.24, 2.45) is 5.41 Å². The second-order valence-electron chi connectivity index (χ2n) is 5.25. The van der Waals surface area contributed by atoms with E-state index in [-0.39, 0.29) is 5.41 Å². The molecule has 3 N–H and O–H groups in total. The normalized spacial score (nSPS) is 25.2. The fourth-order valence-electron chi connectivity index (χ4n) is 2.55. The van der Waals surface area contributed by atoms with E-state index < -0.39 is 10.2 Å². The van der Waals surface area contributed by atoms with Crippen molar-refractivity contribution in [1.29, 1.82) is 0 Å². The highest BCUT2D eigenvalue weighted by Gasteiger charge is 2.32. The summed E-state index contributed by atoms with van der Waals surface area (Å²) >= 11 is 0. The van der Waals surface area contributed by atoms with Gasteiger partial charge in [0.15, 0.2) is 0 Å². The van der Waals surface area contributed by atoms with E-state index in [1.807, 2.05) is 6.92 Å². The summed E-state index contributed by atoms with van der Waals surface area (Å²) < 4.78 is 28.7. The summed E-state index contributed by atoms with van der Waals surface area (Å²) in [5, 5.41) is 3.38. The summed E-state index contributed by atoms with van der Waals surface area (Å²) in [6.07, 6.45) is 5.19. The molecule has 1 unspecified atom stereocenters. The molecule has 1 fully saturated rings. The Kier molecular flexibility index (Phi) is 6.55. The first-order valence-electron chi connectivity index (χ1n) is 6.98. The SMILES string of the molecule is CCCNS(=O)(=O)NCC1(CCC)CCCNC1. The number of hydrogen-bond acceptors (Lipinski definition) is 3. The lowest BCUT2D eigenvalue weighted by molar-refractivity contribution is 0.192. The van der Waals surface area contributed by atoms with Gasteiger partial charge in [-0.1, -0.05) is 20.3 Å². The molecule has 1 aliphatic heterocycles. The highest BCUT2D eigenvalue weighted by atomic mass is 32.2. The minimum Gasteiger partial charge on any atom is -0.316 e. The molecule has 0 spiro atoms. The van der Waals surface area contributed by atoms with Gasteiger partial charge in [-0.3, -0.25) is 0 Å². The summed E-state index contributed by atoms with van der Waals surface area (Å²) in [5.74, 6) is 0. The van der Waals surface area contributed by atoms with Gasteiger partial charge in [-0.05, 0) is 37.6 Å². The number of hydrogen-bond donors (Lipinski definition) is 3. The molecule has 0 amide bonds. The van der Waals surface area contributed by atoms with Crippen molar-refractivity contribution >= 4 is 10.2 Å². The van der Waals surface area contributed by atoms with E-state index in [0.717, 1.165) is 45.2 Å². The van der Waals surface area contributed by atoms with E-state index in [4.69, 9.17) is 0 Å². The molecule has 0 aliphatic carbocycles. The van der Waals surface area contributed by atoms with Gasteiger partial charge in [0.2, 0.25) is 0 Å². The Morgan fingerprint density at radius 2 is 2.00 bits per heavy atom. The van der Waals surface area contributed by atoms with Gasteiger partial charge in [0, 0.05) is 19.6 Å². The predicted molar refractivity (Wildman–Crippen MR) is 74.7 cm³/mol. The van der Waals surface area contributed by atoms with E-state index in [2.05, 4.69) is 21.7 Å². The van der Waals surface area contributed by atoms with Crippen LogP contribution in [0.1, 0.15) is 46.0 Å². The van der Waals surface area contributed by atoms with Crippen LogP contribution < -0.4 is 14.8 Å². The fourth-order valence-corrected chi connectivity index (χ4v) is 3.62. The molecular formula is C12H27N3O2S. The number of rotatable bonds is 8. The van der Waals surface area contributed by atoms with Gasteiger partial charge in [0.25, 0.3) is 10.2 Å². The van der Waals surface area contributed by atoms with E-state index in [1.54, 1.807) is 0 Å². The molecule has 0 saturated carbocycles. The summed E-state index contributed by atoms with van der Waals surface area (Å²) in [6.45, 7) is 7.09. The topological polar surface area (TPSA) is 70.2 Å². The second kappa shape index (κ2) is 7.43. The molecule has 18 heavy (non-hydrogen) atoms. The van der Waals surface area contributed by atoms with Crippen molar-refractivity contribution in [2.75, 3.05) is 26.2 Å². The van der Waals surface area contributed by atoms with Gasteiger partial charge in [-0.25, -0.2) is 9.44 Å². The molecule has 1 rings (SSSR count). The molecule has 1 aliphatic rings. The van der Waals surface area contributed by atoms with Crippen LogP contribution in [0.4, 0.5) is 0 Å². The Labute approximate surface area is 111 Å². The third-order valence-electron chi connectivity index (χ3n) is 3.52. The lowest BCUT2D eigenvalue weighted by atomic mass is 9.77. The molecule has 0 bridgehead atoms. The number of piperidine rings is 1. The van der Waals surface area contributed by atoms with Gasteiger partial charge >= 0.3 is 0 Å². The molecule has 1 heterocycles. The monoisotopic (exact) mass is 277 g/mol. The zero-order valence-corrected chi connectivity index (χ0v) is 12.4. The molecule has 0 radical (unpaired) electrons. The third-order valence-corrected chi connectivity index (χ3v) is 4.63. The maximum absolute atomic E-state index is 11.7. The fraction of sp³-hybridized carbons (Fsp3) is 1.00. The van der Waals surface area contributed by atoms with Crippen molar-refractivity contribution in [3.63, 3.8) is 0 Å². The molecular weight excluding hydrogens is 250 g/mol. The first kappa shape index (κ1) is 15.9. The largest absolute Gasteiger partial charge is 0.316 e. The van der Waals surface area contributed by atoms with Crippen LogP contribution in [0.2, 0.25) is 0 Å². The molecule has 0 aromatic heterocycles. The van der Waals surface area contributed by atoms with Gasteiger partial charge in [-0.15, -0.1) is 0 Å². The van der Waals surface area contributed by atoms with Gasteiger partial charge < -0.3 is 5.32 Å².